The number of hydrogen-bond donors (Lipinski definition) is 1. The molecule has 0 aromatic carbocycles. The van der Waals surface area contributed by atoms with Crippen LogP contribution in [0.1, 0.15) is 100 Å². The number of fused-ring (bicyclic) bond motifs is 5. The third-order valence-electron chi connectivity index (χ3n) is 13.4. The molecule has 0 aromatic rings. The van der Waals surface area contributed by atoms with Crippen molar-refractivity contribution in [3.05, 3.63) is 82.5 Å². The van der Waals surface area contributed by atoms with Gasteiger partial charge in [-0.25, -0.2) is 4.39 Å². The van der Waals surface area contributed by atoms with Crippen LogP contribution in [-0.2, 0) is 19.1 Å². The van der Waals surface area contributed by atoms with Crippen molar-refractivity contribution >= 4 is 29.1 Å². The summed E-state index contributed by atoms with van der Waals surface area (Å²) in [6.45, 7) is 15.5. The van der Waals surface area contributed by atoms with E-state index < -0.39 is 57.2 Å². The van der Waals surface area contributed by atoms with Crippen LogP contribution in [0.25, 0.3) is 0 Å². The fourth-order valence-electron chi connectivity index (χ4n) is 10.3. The lowest BCUT2D eigenvalue weighted by atomic mass is 9.44. The van der Waals surface area contributed by atoms with Crippen LogP contribution in [0.4, 0.5) is 4.39 Å². The first-order valence-electron chi connectivity index (χ1n) is 18.0. The first-order valence-corrected chi connectivity index (χ1v) is 18.5. The van der Waals surface area contributed by atoms with Gasteiger partial charge in [-0.05, 0) is 116 Å². The minimum atomic E-state index is -2.07. The van der Waals surface area contributed by atoms with Gasteiger partial charge in [-0.2, -0.15) is 0 Å². The Balaban J connectivity index is 1.57. The summed E-state index contributed by atoms with van der Waals surface area (Å²) in [7, 11) is 0. The van der Waals surface area contributed by atoms with E-state index in [1.165, 1.54) is 12.2 Å². The van der Waals surface area contributed by atoms with Crippen molar-refractivity contribution in [1.29, 1.82) is 0 Å². The predicted octanol–water partition coefficient (Wildman–Crippen LogP) is 9.22. The summed E-state index contributed by atoms with van der Waals surface area (Å²) >= 11 is 6.10. The molecule has 49 heavy (non-hydrogen) atoms. The molecule has 1 N–H and O–H groups in total. The first kappa shape index (κ1) is 37.4. The summed E-state index contributed by atoms with van der Waals surface area (Å²) < 4.78 is 25.3. The van der Waals surface area contributed by atoms with Crippen molar-refractivity contribution < 1.29 is 28.6 Å². The highest BCUT2D eigenvalue weighted by Crippen LogP contribution is 2.71. The lowest BCUT2D eigenvalue weighted by molar-refractivity contribution is -0.232. The molecule has 0 bridgehead atoms. The maximum absolute atomic E-state index is 18.8. The molecular weight excluding hydrogens is 639 g/mol. The molecule has 0 saturated heterocycles. The van der Waals surface area contributed by atoms with E-state index in [4.69, 9.17) is 16.3 Å². The van der Waals surface area contributed by atoms with Gasteiger partial charge in [0.2, 0.25) is 0 Å². The molecule has 0 aliphatic heterocycles. The fourth-order valence-corrected chi connectivity index (χ4v) is 10.5. The van der Waals surface area contributed by atoms with Crippen molar-refractivity contribution in [1.82, 2.24) is 0 Å². The van der Waals surface area contributed by atoms with E-state index in [2.05, 4.69) is 0 Å². The number of esters is 1. The number of ketones is 2. The van der Waals surface area contributed by atoms with Gasteiger partial charge in [0, 0.05) is 16.7 Å². The van der Waals surface area contributed by atoms with Crippen LogP contribution >= 0.6 is 11.6 Å². The van der Waals surface area contributed by atoms with Crippen molar-refractivity contribution in [2.45, 2.75) is 118 Å². The van der Waals surface area contributed by atoms with Gasteiger partial charge in [0.25, 0.3) is 0 Å². The van der Waals surface area contributed by atoms with Crippen molar-refractivity contribution in [2.24, 2.45) is 34.0 Å². The Morgan fingerprint density at radius 2 is 1.84 bits per heavy atom. The molecule has 0 heterocycles. The number of allylic oxidation sites excluding steroid dienone is 13. The lowest BCUT2D eigenvalue weighted by Crippen LogP contribution is -2.70. The monoisotopic (exact) mass is 692 g/mol. The van der Waals surface area contributed by atoms with Gasteiger partial charge >= 0.3 is 5.97 Å². The van der Waals surface area contributed by atoms with Gasteiger partial charge in [-0.1, -0.05) is 78.7 Å². The zero-order valence-corrected chi connectivity index (χ0v) is 31.3. The Morgan fingerprint density at radius 3 is 2.51 bits per heavy atom. The van der Waals surface area contributed by atoms with Crippen molar-refractivity contribution in [3.63, 3.8) is 0 Å². The maximum atomic E-state index is 18.8. The smallest absolute Gasteiger partial charge is 0.316 e. The second-order valence-electron chi connectivity index (χ2n) is 16.1. The zero-order chi connectivity index (χ0) is 36.2. The van der Waals surface area contributed by atoms with E-state index in [0.717, 1.165) is 35.1 Å². The van der Waals surface area contributed by atoms with Crippen molar-refractivity contribution in [3.8, 4) is 0 Å². The van der Waals surface area contributed by atoms with Gasteiger partial charge in [-0.15, -0.1) is 11.6 Å². The Labute approximate surface area is 297 Å². The van der Waals surface area contributed by atoms with Crippen molar-refractivity contribution in [2.75, 3.05) is 5.88 Å². The number of hydrogen-bond acceptors (Lipinski definition) is 5. The number of aliphatic hydroxyl groups is 1. The van der Waals surface area contributed by atoms with E-state index in [-0.39, 0.29) is 24.0 Å². The van der Waals surface area contributed by atoms with Gasteiger partial charge < -0.3 is 9.84 Å². The third kappa shape index (κ3) is 5.73. The molecule has 5 aliphatic carbocycles. The molecule has 9 atom stereocenters. The molecule has 7 heteroatoms. The highest BCUT2D eigenvalue weighted by atomic mass is 35.5. The summed E-state index contributed by atoms with van der Waals surface area (Å²) in [5.74, 6) is -2.94. The topological polar surface area (TPSA) is 80.7 Å². The number of ether oxygens (including phenoxy) is 1. The van der Waals surface area contributed by atoms with E-state index in [9.17, 15) is 19.5 Å². The average molecular weight is 693 g/mol. The van der Waals surface area contributed by atoms with E-state index in [0.29, 0.717) is 31.3 Å². The molecule has 0 spiro atoms. The molecule has 3 fully saturated rings. The summed E-state index contributed by atoms with van der Waals surface area (Å²) in [5.41, 5.74) is -2.31. The summed E-state index contributed by atoms with van der Waals surface area (Å²) in [4.78, 5) is 40.6. The molecule has 5 nitrogen and oxygen atoms in total. The van der Waals surface area contributed by atoms with E-state index in [1.54, 1.807) is 6.08 Å². The molecule has 266 valence electrons. The number of halogens is 2. The number of rotatable bonds is 8. The Morgan fingerprint density at radius 1 is 1.12 bits per heavy atom. The fraction of sp³-hybridized carbons (Fsp3) is 0.595. The largest absolute Gasteiger partial charge is 0.458 e. The van der Waals surface area contributed by atoms with Crippen LogP contribution in [0.3, 0.4) is 0 Å². The van der Waals surface area contributed by atoms with E-state index in [1.807, 2.05) is 91.8 Å². The highest BCUT2D eigenvalue weighted by Gasteiger charge is 2.76. The summed E-state index contributed by atoms with van der Waals surface area (Å²) in [6.07, 6.45) is 19.0. The Hall–Kier alpha value is -2.83. The summed E-state index contributed by atoms with van der Waals surface area (Å²) in [5, 5.41) is 12.2. The van der Waals surface area contributed by atoms with Crippen LogP contribution in [0.15, 0.2) is 82.5 Å². The normalized spacial score (nSPS) is 41.1. The van der Waals surface area contributed by atoms with Crippen LogP contribution in [0.2, 0.25) is 0 Å². The third-order valence-corrected chi connectivity index (χ3v) is 13.7. The molecule has 0 amide bonds. The van der Waals surface area contributed by atoms with Gasteiger partial charge in [0.15, 0.2) is 17.2 Å². The minimum Gasteiger partial charge on any atom is -0.458 e. The van der Waals surface area contributed by atoms with Crippen LogP contribution in [-0.4, -0.2) is 45.9 Å². The van der Waals surface area contributed by atoms with E-state index >= 15 is 4.39 Å². The highest BCUT2D eigenvalue weighted by molar-refractivity contribution is 6.29. The van der Waals surface area contributed by atoms with Gasteiger partial charge in [0.1, 0.15) is 11.7 Å². The quantitative estimate of drug-likeness (QED) is 0.156. The number of carbonyl (C=O) groups is 3. The van der Waals surface area contributed by atoms with Crippen LogP contribution in [0.5, 0.6) is 0 Å². The zero-order valence-electron chi connectivity index (χ0n) is 30.5. The number of alkyl halides is 2. The molecule has 0 radical (unpaired) electrons. The van der Waals surface area contributed by atoms with Gasteiger partial charge in [-0.3, -0.25) is 14.4 Å². The Bertz CT molecular complexity index is 1630. The molecular formula is C42H54ClFO5. The number of Topliss-reactive ketones (excluding diaryl/α,β-unsaturated/α-hetero) is 1. The molecule has 1 unspecified atom stereocenters. The minimum absolute atomic E-state index is 0.0334. The Kier molecular flexibility index (Phi) is 10.2. The number of carbonyl (C=O) groups excluding carboxylic acids is 3. The first-order chi connectivity index (χ1) is 22.9. The SMILES string of the molecule is CC=C(C)C=CC=C(C)C=CC1=C(C)CCCC1(C)C(=O)O[C@H]1C[C@@]2(C)[C@@H](C[C@@H](C)[C@]2(O)C(=O)CCl)[C@@H]2CCC3=CC(=O)C=C[C@]3(C)[C@@]12F. The second-order valence-corrected chi connectivity index (χ2v) is 16.4. The average Bonchev–Trinajstić information content (AvgIpc) is 3.26. The summed E-state index contributed by atoms with van der Waals surface area (Å²) in [6, 6.07) is 0. The molecule has 3 saturated carbocycles. The maximum Gasteiger partial charge on any atom is 0.316 e. The molecule has 5 aliphatic rings. The molecule has 0 aromatic heterocycles. The predicted molar refractivity (Wildman–Crippen MR) is 194 cm³/mol. The second kappa shape index (κ2) is 13.4. The lowest BCUT2D eigenvalue weighted by Gasteiger charge is -2.63. The van der Waals surface area contributed by atoms with Gasteiger partial charge in [0.05, 0.1) is 11.3 Å². The van der Waals surface area contributed by atoms with Crippen LogP contribution < -0.4 is 0 Å². The van der Waals surface area contributed by atoms with Crippen LogP contribution in [0, 0.1) is 34.0 Å². The standard InChI is InChI=1S/C42H54ClFO5/c1-9-26(2)12-10-13-27(3)15-17-32-28(4)14-11-20-38(32,6)37(47)49-36-24-40(8)34(22-29(5)42(40,48)35(46)25-43)33-18-16-30-23-31(45)19-21-39(30,7)41(33,36)44/h9-10,12-13,15,17,19,21,23,29,33-34,36,48H,11,14,16,18,20,22,24-25H2,1-8H3/t29-,33+,34+,36+,38?,39+,40+,41+,42+/m1/s1. The molecule has 5 rings (SSSR count).